The summed E-state index contributed by atoms with van der Waals surface area (Å²) in [7, 11) is 0. The minimum absolute atomic E-state index is 0.217. The molecule has 25 heavy (non-hydrogen) atoms. The van der Waals surface area contributed by atoms with Crippen molar-refractivity contribution in [3.63, 3.8) is 0 Å². The van der Waals surface area contributed by atoms with Crippen molar-refractivity contribution in [2.75, 3.05) is 10.6 Å². The lowest BCUT2D eigenvalue weighted by Gasteiger charge is -2.11. The molecular formula is C20H18N2O3. The molecule has 1 aromatic heterocycles. The molecule has 3 aromatic rings. The Kier molecular flexibility index (Phi) is 4.66. The van der Waals surface area contributed by atoms with E-state index in [1.54, 1.807) is 30.3 Å². The maximum atomic E-state index is 12.5. The van der Waals surface area contributed by atoms with Crippen molar-refractivity contribution in [2.24, 2.45) is 0 Å². The fourth-order valence-corrected chi connectivity index (χ4v) is 2.40. The molecule has 0 aliphatic heterocycles. The molecule has 0 radical (unpaired) electrons. The van der Waals surface area contributed by atoms with Gasteiger partial charge in [-0.05, 0) is 55.3 Å². The summed E-state index contributed by atoms with van der Waals surface area (Å²) in [5.74, 6) is -0.374. The molecule has 0 fully saturated rings. The largest absolute Gasteiger partial charge is 0.459 e. The number of anilines is 2. The van der Waals surface area contributed by atoms with Crippen LogP contribution in [0.1, 0.15) is 32.0 Å². The van der Waals surface area contributed by atoms with E-state index in [0.717, 1.165) is 16.8 Å². The molecule has 0 unspecified atom stereocenters. The number of carbonyl (C=O) groups excluding carboxylic acids is 2. The van der Waals surface area contributed by atoms with Crippen LogP contribution in [-0.4, -0.2) is 11.8 Å². The molecule has 5 nitrogen and oxygen atoms in total. The highest BCUT2D eigenvalue weighted by molar-refractivity contribution is 6.07. The van der Waals surface area contributed by atoms with E-state index in [9.17, 15) is 9.59 Å². The highest BCUT2D eigenvalue weighted by Gasteiger charge is 2.13. The van der Waals surface area contributed by atoms with Crippen molar-refractivity contribution in [2.45, 2.75) is 13.8 Å². The summed E-state index contributed by atoms with van der Waals surface area (Å²) in [4.78, 5) is 24.6. The Bertz CT molecular complexity index is 914. The van der Waals surface area contributed by atoms with Gasteiger partial charge in [0.2, 0.25) is 0 Å². The van der Waals surface area contributed by atoms with Crippen LogP contribution in [0.4, 0.5) is 11.4 Å². The van der Waals surface area contributed by atoms with Gasteiger partial charge in [-0.3, -0.25) is 9.59 Å². The van der Waals surface area contributed by atoms with E-state index in [1.165, 1.54) is 6.26 Å². The third kappa shape index (κ3) is 3.77. The van der Waals surface area contributed by atoms with Gasteiger partial charge in [-0.15, -0.1) is 0 Å². The van der Waals surface area contributed by atoms with Gasteiger partial charge in [-0.25, -0.2) is 0 Å². The smallest absolute Gasteiger partial charge is 0.291 e. The predicted octanol–water partition coefficient (Wildman–Crippen LogP) is 4.40. The van der Waals surface area contributed by atoms with Crippen LogP contribution in [0.25, 0.3) is 0 Å². The first-order valence-electron chi connectivity index (χ1n) is 7.87. The van der Waals surface area contributed by atoms with Crippen molar-refractivity contribution in [1.82, 2.24) is 0 Å². The van der Waals surface area contributed by atoms with Gasteiger partial charge in [0.1, 0.15) is 0 Å². The normalized spacial score (nSPS) is 10.3. The van der Waals surface area contributed by atoms with Gasteiger partial charge in [0, 0.05) is 16.9 Å². The van der Waals surface area contributed by atoms with Crippen molar-refractivity contribution in [1.29, 1.82) is 0 Å². The van der Waals surface area contributed by atoms with Crippen LogP contribution >= 0.6 is 0 Å². The van der Waals surface area contributed by atoms with Gasteiger partial charge in [-0.2, -0.15) is 0 Å². The number of hydrogen-bond donors (Lipinski definition) is 2. The van der Waals surface area contributed by atoms with Crippen molar-refractivity contribution >= 4 is 23.2 Å². The Balaban J connectivity index is 1.80. The van der Waals surface area contributed by atoms with Crippen LogP contribution in [0.5, 0.6) is 0 Å². The van der Waals surface area contributed by atoms with E-state index in [2.05, 4.69) is 10.6 Å². The van der Waals surface area contributed by atoms with Crippen LogP contribution < -0.4 is 10.6 Å². The molecule has 0 spiro atoms. The van der Waals surface area contributed by atoms with Crippen molar-refractivity contribution in [3.8, 4) is 0 Å². The van der Waals surface area contributed by atoms with Crippen LogP contribution in [0.2, 0.25) is 0 Å². The van der Waals surface area contributed by atoms with Gasteiger partial charge in [0.05, 0.1) is 6.26 Å². The summed E-state index contributed by atoms with van der Waals surface area (Å²) in [6.07, 6.45) is 1.44. The zero-order valence-corrected chi connectivity index (χ0v) is 14.0. The fourth-order valence-electron chi connectivity index (χ4n) is 2.40. The summed E-state index contributed by atoms with van der Waals surface area (Å²) < 4.78 is 5.09. The van der Waals surface area contributed by atoms with Crippen LogP contribution in [0.15, 0.2) is 65.3 Å². The second kappa shape index (κ2) is 7.05. The van der Waals surface area contributed by atoms with Crippen molar-refractivity contribution in [3.05, 3.63) is 83.3 Å². The summed E-state index contributed by atoms with van der Waals surface area (Å²) >= 11 is 0. The Morgan fingerprint density at radius 2 is 1.52 bits per heavy atom. The number of hydrogen-bond acceptors (Lipinski definition) is 3. The van der Waals surface area contributed by atoms with E-state index in [-0.39, 0.29) is 17.6 Å². The molecule has 0 atom stereocenters. The van der Waals surface area contributed by atoms with Gasteiger partial charge in [0.15, 0.2) is 5.76 Å². The van der Waals surface area contributed by atoms with Crippen LogP contribution in [-0.2, 0) is 0 Å². The zero-order valence-electron chi connectivity index (χ0n) is 14.0. The second-order valence-electron chi connectivity index (χ2n) is 5.73. The average molecular weight is 334 g/mol. The summed E-state index contributed by atoms with van der Waals surface area (Å²) in [5.41, 5.74) is 3.62. The van der Waals surface area contributed by atoms with E-state index in [1.807, 2.05) is 38.1 Å². The number of rotatable bonds is 4. The van der Waals surface area contributed by atoms with Gasteiger partial charge >= 0.3 is 0 Å². The fraction of sp³-hybridized carbons (Fsp3) is 0.100. The first-order chi connectivity index (χ1) is 12.0. The van der Waals surface area contributed by atoms with Gasteiger partial charge in [-0.1, -0.05) is 24.3 Å². The Morgan fingerprint density at radius 1 is 0.800 bits per heavy atom. The second-order valence-corrected chi connectivity index (χ2v) is 5.73. The van der Waals surface area contributed by atoms with E-state index >= 15 is 0 Å². The summed E-state index contributed by atoms with van der Waals surface area (Å²) in [6, 6.07) is 16.0. The Morgan fingerprint density at radius 3 is 2.24 bits per heavy atom. The van der Waals surface area contributed by atoms with Crippen LogP contribution in [0.3, 0.4) is 0 Å². The summed E-state index contributed by atoms with van der Waals surface area (Å²) in [5, 5.41) is 5.65. The molecule has 0 aliphatic carbocycles. The number of furan rings is 1. The standard InChI is InChI=1S/C20H18N2O3/c1-13-6-3-4-7-16(13)21-19(23)15-10-9-14(2)17(12-15)22-20(24)18-8-5-11-25-18/h3-12H,1-2H3,(H,21,23)(H,22,24). The maximum Gasteiger partial charge on any atom is 0.291 e. The molecule has 126 valence electrons. The SMILES string of the molecule is Cc1ccccc1NC(=O)c1ccc(C)c(NC(=O)c2ccco2)c1. The molecule has 0 aliphatic rings. The lowest BCUT2D eigenvalue weighted by molar-refractivity contribution is 0.0993. The quantitative estimate of drug-likeness (QED) is 0.743. The average Bonchev–Trinajstić information content (AvgIpc) is 3.13. The monoisotopic (exact) mass is 334 g/mol. The minimum atomic E-state index is -0.357. The molecule has 2 aromatic carbocycles. The lowest BCUT2D eigenvalue weighted by Crippen LogP contribution is -2.15. The number of nitrogens with one attached hydrogen (secondary N) is 2. The van der Waals surface area contributed by atoms with Gasteiger partial charge < -0.3 is 15.1 Å². The number of carbonyl (C=O) groups is 2. The van der Waals surface area contributed by atoms with E-state index in [0.29, 0.717) is 11.3 Å². The van der Waals surface area contributed by atoms with Gasteiger partial charge in [0.25, 0.3) is 11.8 Å². The van der Waals surface area contributed by atoms with Crippen molar-refractivity contribution < 1.29 is 14.0 Å². The molecule has 2 N–H and O–H groups in total. The zero-order chi connectivity index (χ0) is 17.8. The molecular weight excluding hydrogens is 316 g/mol. The molecule has 1 heterocycles. The first kappa shape index (κ1) is 16.5. The number of para-hydroxylation sites is 1. The molecule has 0 saturated heterocycles. The highest BCUT2D eigenvalue weighted by atomic mass is 16.3. The number of amides is 2. The Labute approximate surface area is 145 Å². The molecule has 3 rings (SSSR count). The minimum Gasteiger partial charge on any atom is -0.459 e. The molecule has 0 saturated carbocycles. The topological polar surface area (TPSA) is 71.3 Å². The van der Waals surface area contributed by atoms with E-state index < -0.39 is 0 Å². The number of aryl methyl sites for hydroxylation is 2. The third-order valence-corrected chi connectivity index (χ3v) is 3.89. The lowest BCUT2D eigenvalue weighted by atomic mass is 10.1. The van der Waals surface area contributed by atoms with E-state index in [4.69, 9.17) is 4.42 Å². The Hall–Kier alpha value is -3.34. The molecule has 2 amide bonds. The summed E-state index contributed by atoms with van der Waals surface area (Å²) in [6.45, 7) is 3.79. The maximum absolute atomic E-state index is 12.5. The van der Waals surface area contributed by atoms with Crippen LogP contribution in [0, 0.1) is 13.8 Å². The predicted molar refractivity (Wildman–Crippen MR) is 97.0 cm³/mol. The highest BCUT2D eigenvalue weighted by Crippen LogP contribution is 2.20. The molecule has 0 bridgehead atoms. The number of benzene rings is 2. The molecule has 5 heteroatoms. The first-order valence-corrected chi connectivity index (χ1v) is 7.87. The third-order valence-electron chi connectivity index (χ3n) is 3.89.